The van der Waals surface area contributed by atoms with Crippen LogP contribution in [0.2, 0.25) is 5.02 Å². The summed E-state index contributed by atoms with van der Waals surface area (Å²) < 4.78 is 0.700. The van der Waals surface area contributed by atoms with Crippen molar-refractivity contribution < 1.29 is 5.11 Å². The van der Waals surface area contributed by atoms with Crippen LogP contribution in [0.4, 0.5) is 0 Å². The minimum absolute atomic E-state index is 0.275. The van der Waals surface area contributed by atoms with Gasteiger partial charge >= 0.3 is 0 Å². The maximum Gasteiger partial charge on any atom is 0.134 e. The molecule has 0 aromatic heterocycles. The number of piperazine rings is 1. The van der Waals surface area contributed by atoms with Gasteiger partial charge in [-0.25, -0.2) is 0 Å². The van der Waals surface area contributed by atoms with Gasteiger partial charge < -0.3 is 10.4 Å². The average molecular weight is 388 g/mol. The fraction of sp³-hybridized carbons (Fsp3) is 0.647. The topological polar surface area (TPSA) is 35.5 Å². The molecule has 5 heteroatoms. The number of nitrogens with zero attached hydrogens (tertiary/aromatic N) is 1. The van der Waals surface area contributed by atoms with E-state index in [1.165, 1.54) is 32.1 Å². The zero-order valence-corrected chi connectivity index (χ0v) is 15.2. The molecule has 1 aliphatic carbocycles. The first-order valence-electron chi connectivity index (χ1n) is 8.29. The third-order valence-electron chi connectivity index (χ3n) is 5.02. The summed E-state index contributed by atoms with van der Waals surface area (Å²) >= 11 is 9.72. The largest absolute Gasteiger partial charge is 0.506 e. The lowest BCUT2D eigenvalue weighted by atomic mass is 9.80. The maximum absolute atomic E-state index is 10.6. The second kappa shape index (κ2) is 7.52. The first kappa shape index (κ1) is 16.6. The molecular formula is C17H24BrClN2O. The maximum atomic E-state index is 10.6. The zero-order chi connectivity index (χ0) is 15.5. The molecular weight excluding hydrogens is 364 g/mol. The Morgan fingerprint density at radius 1 is 1.18 bits per heavy atom. The van der Waals surface area contributed by atoms with Gasteiger partial charge in [0.15, 0.2) is 0 Å². The van der Waals surface area contributed by atoms with Gasteiger partial charge in [-0.2, -0.15) is 0 Å². The highest BCUT2D eigenvalue weighted by Crippen LogP contribution is 2.44. The van der Waals surface area contributed by atoms with Crippen LogP contribution in [0.25, 0.3) is 0 Å². The third kappa shape index (κ3) is 3.61. The minimum atomic E-state index is 0.275. The second-order valence-corrected chi connectivity index (χ2v) is 7.75. The highest BCUT2D eigenvalue weighted by atomic mass is 79.9. The lowest BCUT2D eigenvalue weighted by Crippen LogP contribution is -2.47. The van der Waals surface area contributed by atoms with Crippen molar-refractivity contribution in [1.29, 1.82) is 0 Å². The molecule has 1 heterocycles. The zero-order valence-electron chi connectivity index (χ0n) is 12.8. The van der Waals surface area contributed by atoms with E-state index in [0.29, 0.717) is 21.2 Å². The van der Waals surface area contributed by atoms with E-state index >= 15 is 0 Å². The van der Waals surface area contributed by atoms with Crippen molar-refractivity contribution in [3.63, 3.8) is 0 Å². The summed E-state index contributed by atoms with van der Waals surface area (Å²) in [6, 6.07) is 4.01. The smallest absolute Gasteiger partial charge is 0.134 e. The monoisotopic (exact) mass is 386 g/mol. The summed E-state index contributed by atoms with van der Waals surface area (Å²) in [7, 11) is 0. The van der Waals surface area contributed by atoms with Gasteiger partial charge in [0.2, 0.25) is 0 Å². The molecule has 1 saturated heterocycles. The number of phenols is 1. The summed E-state index contributed by atoms with van der Waals surface area (Å²) in [5.41, 5.74) is 0.994. The van der Waals surface area contributed by atoms with Gasteiger partial charge in [-0.1, -0.05) is 30.9 Å². The molecule has 1 aliphatic heterocycles. The fourth-order valence-corrected chi connectivity index (χ4v) is 4.80. The molecule has 1 atom stereocenters. The van der Waals surface area contributed by atoms with Crippen molar-refractivity contribution in [2.75, 3.05) is 26.2 Å². The van der Waals surface area contributed by atoms with Crippen molar-refractivity contribution in [3.05, 3.63) is 27.2 Å². The fourth-order valence-electron chi connectivity index (χ4n) is 3.97. The Hall–Kier alpha value is -0.290. The predicted molar refractivity (Wildman–Crippen MR) is 94.6 cm³/mol. The van der Waals surface area contributed by atoms with Gasteiger partial charge in [-0.05, 0) is 46.8 Å². The number of hydrogen-bond acceptors (Lipinski definition) is 3. The molecule has 0 unspecified atom stereocenters. The van der Waals surface area contributed by atoms with E-state index in [-0.39, 0.29) is 6.04 Å². The Labute approximate surface area is 146 Å². The Kier molecular flexibility index (Phi) is 5.66. The number of phenolic OH excluding ortho intramolecular Hbond substituents is 1. The number of halogens is 2. The lowest BCUT2D eigenvalue weighted by Gasteiger charge is -2.41. The van der Waals surface area contributed by atoms with Gasteiger partial charge in [0.25, 0.3) is 0 Å². The molecule has 1 saturated carbocycles. The van der Waals surface area contributed by atoms with E-state index < -0.39 is 0 Å². The van der Waals surface area contributed by atoms with E-state index in [1.807, 2.05) is 6.07 Å². The Morgan fingerprint density at radius 3 is 2.55 bits per heavy atom. The predicted octanol–water partition coefficient (Wildman–Crippen LogP) is 4.33. The van der Waals surface area contributed by atoms with E-state index in [0.717, 1.165) is 31.7 Å². The van der Waals surface area contributed by atoms with E-state index in [9.17, 15) is 5.11 Å². The van der Waals surface area contributed by atoms with Crippen LogP contribution in [0.5, 0.6) is 5.75 Å². The van der Waals surface area contributed by atoms with Crippen LogP contribution in [0.15, 0.2) is 16.6 Å². The van der Waals surface area contributed by atoms with Crippen LogP contribution in [0, 0.1) is 5.92 Å². The lowest BCUT2D eigenvalue weighted by molar-refractivity contribution is 0.101. The molecule has 1 aromatic carbocycles. The van der Waals surface area contributed by atoms with E-state index in [1.54, 1.807) is 6.07 Å². The average Bonchev–Trinajstić information content (AvgIpc) is 2.54. The van der Waals surface area contributed by atoms with Crippen LogP contribution < -0.4 is 5.32 Å². The van der Waals surface area contributed by atoms with Gasteiger partial charge in [-0.3, -0.25) is 4.90 Å². The van der Waals surface area contributed by atoms with Crippen molar-refractivity contribution >= 4 is 27.5 Å². The van der Waals surface area contributed by atoms with Crippen LogP contribution >= 0.6 is 27.5 Å². The molecule has 0 amide bonds. The molecule has 2 fully saturated rings. The highest BCUT2D eigenvalue weighted by molar-refractivity contribution is 9.10. The number of nitrogens with one attached hydrogen (secondary N) is 1. The highest BCUT2D eigenvalue weighted by Gasteiger charge is 2.33. The van der Waals surface area contributed by atoms with Crippen LogP contribution in [-0.4, -0.2) is 36.2 Å². The van der Waals surface area contributed by atoms with Crippen LogP contribution in [0.3, 0.4) is 0 Å². The number of benzene rings is 1. The summed E-state index contributed by atoms with van der Waals surface area (Å²) in [5.74, 6) is 0.974. The Morgan fingerprint density at radius 2 is 1.86 bits per heavy atom. The summed E-state index contributed by atoms with van der Waals surface area (Å²) in [4.78, 5) is 2.53. The standard InChI is InChI=1S/C17H24BrClN2O/c18-15-11-13(19)10-14(17(15)22)16(12-4-2-1-3-5-12)21-8-6-20-7-9-21/h10-12,16,20,22H,1-9H2/t16-/m1/s1. The quantitative estimate of drug-likeness (QED) is 0.810. The summed E-state index contributed by atoms with van der Waals surface area (Å²) in [6.07, 6.45) is 6.44. The molecule has 22 heavy (non-hydrogen) atoms. The SMILES string of the molecule is Oc1c(Br)cc(Cl)cc1[C@@H](C1CCCCC1)N1CCNCC1. The van der Waals surface area contributed by atoms with Crippen molar-refractivity contribution in [2.24, 2.45) is 5.92 Å². The van der Waals surface area contributed by atoms with Gasteiger partial charge in [0.05, 0.1) is 4.47 Å². The second-order valence-electron chi connectivity index (χ2n) is 6.45. The van der Waals surface area contributed by atoms with Crippen LogP contribution in [-0.2, 0) is 0 Å². The van der Waals surface area contributed by atoms with Gasteiger partial charge in [-0.15, -0.1) is 0 Å². The molecule has 3 rings (SSSR count). The first-order chi connectivity index (χ1) is 10.7. The normalized spacial score (nSPS) is 22.6. The molecule has 1 aromatic rings. The van der Waals surface area contributed by atoms with Crippen molar-refractivity contribution in [1.82, 2.24) is 10.2 Å². The Balaban J connectivity index is 1.96. The minimum Gasteiger partial charge on any atom is -0.506 e. The number of rotatable bonds is 3. The van der Waals surface area contributed by atoms with Crippen molar-refractivity contribution in [3.8, 4) is 5.75 Å². The molecule has 2 N–H and O–H groups in total. The van der Waals surface area contributed by atoms with E-state index in [4.69, 9.17) is 11.6 Å². The Bertz CT molecular complexity index is 496. The number of aromatic hydroxyl groups is 1. The first-order valence-corrected chi connectivity index (χ1v) is 9.46. The van der Waals surface area contributed by atoms with Gasteiger partial charge in [0, 0.05) is 42.8 Å². The molecule has 0 radical (unpaired) electrons. The molecule has 0 bridgehead atoms. The van der Waals surface area contributed by atoms with Gasteiger partial charge in [0.1, 0.15) is 5.75 Å². The van der Waals surface area contributed by atoms with E-state index in [2.05, 4.69) is 26.1 Å². The molecule has 2 aliphatic rings. The third-order valence-corrected chi connectivity index (χ3v) is 5.84. The molecule has 122 valence electrons. The number of hydrogen-bond donors (Lipinski definition) is 2. The van der Waals surface area contributed by atoms with Crippen molar-refractivity contribution in [2.45, 2.75) is 38.1 Å². The summed E-state index contributed by atoms with van der Waals surface area (Å²) in [6.45, 7) is 4.10. The molecule has 3 nitrogen and oxygen atoms in total. The molecule has 0 spiro atoms. The van der Waals surface area contributed by atoms with Crippen LogP contribution in [0.1, 0.15) is 43.7 Å². The summed E-state index contributed by atoms with van der Waals surface area (Å²) in [5, 5.41) is 14.7.